The molecule has 2 aromatic rings. The Labute approximate surface area is 217 Å². The van der Waals surface area contributed by atoms with Gasteiger partial charge in [-0.05, 0) is 81.8 Å². The second-order valence-electron chi connectivity index (χ2n) is 10.7. The van der Waals surface area contributed by atoms with E-state index in [4.69, 9.17) is 4.74 Å². The number of ether oxygens (including phenoxy) is 1. The summed E-state index contributed by atoms with van der Waals surface area (Å²) in [5, 5.41) is 25.5. The Morgan fingerprint density at radius 1 is 1.11 bits per heavy atom. The number of benzene rings is 2. The molecule has 200 valence electrons. The van der Waals surface area contributed by atoms with Crippen LogP contribution in [0.4, 0.5) is 10.5 Å². The summed E-state index contributed by atoms with van der Waals surface area (Å²) in [6, 6.07) is 9.41. The summed E-state index contributed by atoms with van der Waals surface area (Å²) >= 11 is 0. The van der Waals surface area contributed by atoms with Gasteiger partial charge < -0.3 is 30.5 Å². The van der Waals surface area contributed by atoms with Gasteiger partial charge >= 0.3 is 6.09 Å². The number of para-hydroxylation sites is 1. The van der Waals surface area contributed by atoms with Gasteiger partial charge in [-0.25, -0.2) is 4.79 Å². The summed E-state index contributed by atoms with van der Waals surface area (Å²) in [5.74, 6) is -0.852. The predicted octanol–water partition coefficient (Wildman–Crippen LogP) is 3.81. The smallest absolute Gasteiger partial charge is 0.408 e. The molecular formula is C28H37N3O6. The number of aryl methyl sites for hydroxylation is 2. The number of aliphatic hydroxyl groups is 1. The summed E-state index contributed by atoms with van der Waals surface area (Å²) in [7, 11) is 0. The van der Waals surface area contributed by atoms with Crippen LogP contribution < -0.4 is 10.6 Å². The maximum absolute atomic E-state index is 13.9. The van der Waals surface area contributed by atoms with Gasteiger partial charge in [-0.1, -0.05) is 31.2 Å². The minimum Gasteiger partial charge on any atom is -0.508 e. The molecule has 0 aliphatic heterocycles. The lowest BCUT2D eigenvalue weighted by atomic mass is 9.99. The zero-order chi connectivity index (χ0) is 27.5. The topological polar surface area (TPSA) is 128 Å². The van der Waals surface area contributed by atoms with Crippen LogP contribution in [0.1, 0.15) is 56.8 Å². The van der Waals surface area contributed by atoms with Gasteiger partial charge in [0.2, 0.25) is 5.91 Å². The molecule has 9 nitrogen and oxygen atoms in total. The number of phenols is 1. The van der Waals surface area contributed by atoms with Crippen LogP contribution in [0.2, 0.25) is 0 Å². The summed E-state index contributed by atoms with van der Waals surface area (Å²) in [4.78, 5) is 41.5. The number of amides is 3. The van der Waals surface area contributed by atoms with Gasteiger partial charge in [0.1, 0.15) is 23.4 Å². The van der Waals surface area contributed by atoms with Crippen molar-refractivity contribution in [1.29, 1.82) is 0 Å². The quantitative estimate of drug-likeness (QED) is 0.427. The summed E-state index contributed by atoms with van der Waals surface area (Å²) in [6.07, 6.45) is -0.174. The number of rotatable bonds is 8. The minimum absolute atomic E-state index is 0.0688. The molecule has 1 aliphatic carbocycles. The number of nitrogens with one attached hydrogen (secondary N) is 2. The Bertz CT molecular complexity index is 1160. The molecule has 0 bridgehead atoms. The lowest BCUT2D eigenvalue weighted by Gasteiger charge is -2.35. The molecule has 0 aromatic heterocycles. The molecule has 4 unspecified atom stereocenters. The zero-order valence-corrected chi connectivity index (χ0v) is 22.2. The molecule has 0 spiro atoms. The van der Waals surface area contributed by atoms with Crippen LogP contribution in [0.3, 0.4) is 0 Å². The summed E-state index contributed by atoms with van der Waals surface area (Å²) in [5.41, 5.74) is 1.72. The first-order valence-corrected chi connectivity index (χ1v) is 12.4. The Morgan fingerprint density at radius 3 is 2.30 bits per heavy atom. The Kier molecular flexibility index (Phi) is 8.48. The maximum Gasteiger partial charge on any atom is 0.408 e. The van der Waals surface area contributed by atoms with Crippen molar-refractivity contribution in [3.63, 3.8) is 0 Å². The number of aromatic hydroxyl groups is 1. The van der Waals surface area contributed by atoms with E-state index in [1.54, 1.807) is 52.0 Å². The van der Waals surface area contributed by atoms with Crippen LogP contribution in [0.25, 0.3) is 0 Å². The molecule has 0 heterocycles. The monoisotopic (exact) mass is 511 g/mol. The first-order valence-electron chi connectivity index (χ1n) is 12.4. The highest BCUT2D eigenvalue weighted by Gasteiger charge is 2.48. The average molecular weight is 512 g/mol. The molecule has 3 rings (SSSR count). The highest BCUT2D eigenvalue weighted by molar-refractivity contribution is 5.99. The molecule has 4 atom stereocenters. The Balaban J connectivity index is 2.02. The van der Waals surface area contributed by atoms with Gasteiger partial charge in [0.05, 0.1) is 6.61 Å². The normalized spacial score (nSPS) is 18.4. The number of alkyl carbamates (subject to hydrolysis) is 1. The summed E-state index contributed by atoms with van der Waals surface area (Å²) in [6.45, 7) is 9.96. The molecule has 1 saturated carbocycles. The number of hydrogen-bond acceptors (Lipinski definition) is 6. The molecule has 4 N–H and O–H groups in total. The van der Waals surface area contributed by atoms with E-state index < -0.39 is 42.2 Å². The third kappa shape index (κ3) is 7.01. The van der Waals surface area contributed by atoms with E-state index >= 15 is 0 Å². The Morgan fingerprint density at radius 2 is 1.76 bits per heavy atom. The molecule has 2 aromatic carbocycles. The van der Waals surface area contributed by atoms with E-state index in [9.17, 15) is 24.6 Å². The van der Waals surface area contributed by atoms with E-state index in [-0.39, 0.29) is 17.7 Å². The predicted molar refractivity (Wildman–Crippen MR) is 140 cm³/mol. The van der Waals surface area contributed by atoms with Gasteiger partial charge in [-0.15, -0.1) is 0 Å². The van der Waals surface area contributed by atoms with E-state index in [0.717, 1.165) is 5.56 Å². The van der Waals surface area contributed by atoms with Crippen molar-refractivity contribution in [2.24, 2.45) is 5.92 Å². The van der Waals surface area contributed by atoms with Crippen molar-refractivity contribution in [2.75, 3.05) is 11.9 Å². The van der Waals surface area contributed by atoms with Gasteiger partial charge in [0.15, 0.2) is 0 Å². The number of carbonyl (C=O) groups is 3. The van der Waals surface area contributed by atoms with Crippen molar-refractivity contribution >= 4 is 23.6 Å². The van der Waals surface area contributed by atoms with Crippen LogP contribution >= 0.6 is 0 Å². The van der Waals surface area contributed by atoms with E-state index in [2.05, 4.69) is 10.6 Å². The standard InChI is InChI=1S/C28H37N3O6/c1-16-9-7-8-10-20(16)29-25(34)24(19-11-12-23(33)18(3)13-19)31(22-14-17(22)2)26(35)21(15-32)30-27(36)37-28(4,5)6/h7-13,17,21-22,24,32-33H,14-15H2,1-6H3,(H,29,34)(H,30,36). The van der Waals surface area contributed by atoms with Gasteiger partial charge in [-0.2, -0.15) is 0 Å². The SMILES string of the molecule is Cc1cc(C(C(=O)Nc2ccccc2C)N(C(=O)C(CO)NC(=O)OC(C)(C)C)C2CC2C)ccc1O. The Hall–Kier alpha value is -3.59. The van der Waals surface area contributed by atoms with Gasteiger partial charge in [0.25, 0.3) is 5.91 Å². The molecule has 1 fully saturated rings. The fourth-order valence-electron chi connectivity index (χ4n) is 4.19. The highest BCUT2D eigenvalue weighted by Crippen LogP contribution is 2.41. The molecule has 0 saturated heterocycles. The van der Waals surface area contributed by atoms with Crippen molar-refractivity contribution < 1.29 is 29.3 Å². The average Bonchev–Trinajstić information content (AvgIpc) is 3.53. The lowest BCUT2D eigenvalue weighted by molar-refractivity contribution is -0.142. The van der Waals surface area contributed by atoms with Crippen LogP contribution in [0.15, 0.2) is 42.5 Å². The van der Waals surface area contributed by atoms with Crippen molar-refractivity contribution in [1.82, 2.24) is 10.2 Å². The van der Waals surface area contributed by atoms with Crippen molar-refractivity contribution in [3.8, 4) is 5.75 Å². The zero-order valence-electron chi connectivity index (χ0n) is 22.2. The fraction of sp³-hybridized carbons (Fsp3) is 0.464. The second-order valence-corrected chi connectivity index (χ2v) is 10.7. The van der Waals surface area contributed by atoms with Crippen LogP contribution in [0.5, 0.6) is 5.75 Å². The highest BCUT2D eigenvalue weighted by atomic mass is 16.6. The largest absolute Gasteiger partial charge is 0.508 e. The third-order valence-corrected chi connectivity index (χ3v) is 6.32. The molecule has 3 amide bonds. The fourth-order valence-corrected chi connectivity index (χ4v) is 4.19. The van der Waals surface area contributed by atoms with Crippen LogP contribution in [-0.2, 0) is 14.3 Å². The van der Waals surface area contributed by atoms with E-state index in [1.807, 2.05) is 26.0 Å². The second kappa shape index (κ2) is 11.2. The number of nitrogens with zero attached hydrogens (tertiary/aromatic N) is 1. The summed E-state index contributed by atoms with van der Waals surface area (Å²) < 4.78 is 5.27. The molecule has 0 radical (unpaired) electrons. The number of aliphatic hydroxyl groups excluding tert-OH is 1. The first-order chi connectivity index (χ1) is 17.3. The molecule has 1 aliphatic rings. The minimum atomic E-state index is -1.31. The van der Waals surface area contributed by atoms with Gasteiger partial charge in [0, 0.05) is 11.7 Å². The first kappa shape index (κ1) is 28.0. The van der Waals surface area contributed by atoms with Crippen molar-refractivity contribution in [3.05, 3.63) is 59.2 Å². The lowest BCUT2D eigenvalue weighted by Crippen LogP contribution is -2.54. The van der Waals surface area contributed by atoms with E-state index in [0.29, 0.717) is 23.2 Å². The molecule has 37 heavy (non-hydrogen) atoms. The molecule has 9 heteroatoms. The molecular weight excluding hydrogens is 474 g/mol. The van der Waals surface area contributed by atoms with Crippen molar-refractivity contribution in [2.45, 2.75) is 71.7 Å². The third-order valence-electron chi connectivity index (χ3n) is 6.32. The number of hydrogen-bond donors (Lipinski definition) is 4. The number of anilines is 1. The van der Waals surface area contributed by atoms with Crippen LogP contribution in [-0.4, -0.2) is 57.3 Å². The number of carbonyl (C=O) groups excluding carboxylic acids is 3. The van der Waals surface area contributed by atoms with Gasteiger partial charge in [-0.3, -0.25) is 9.59 Å². The van der Waals surface area contributed by atoms with Crippen LogP contribution in [0, 0.1) is 19.8 Å². The van der Waals surface area contributed by atoms with E-state index in [1.165, 1.54) is 11.0 Å². The number of phenolic OH excluding ortho intramolecular Hbond substituents is 1. The maximum atomic E-state index is 13.9.